The lowest BCUT2D eigenvalue weighted by Crippen LogP contribution is -2.28. The van der Waals surface area contributed by atoms with Gasteiger partial charge in [0.1, 0.15) is 5.82 Å². The Bertz CT molecular complexity index is 893. The SMILES string of the molecule is C=C1NN=C(c2cc(C(C)C)c(N)cc2C)N1c1ccc(CC)c(C)c1. The number of hydrazone groups is 1. The monoisotopic (exact) mass is 348 g/mol. The van der Waals surface area contributed by atoms with Gasteiger partial charge in [-0.15, -0.1) is 0 Å². The highest BCUT2D eigenvalue weighted by Crippen LogP contribution is 2.31. The van der Waals surface area contributed by atoms with Crippen molar-refractivity contribution in [3.05, 3.63) is 70.5 Å². The van der Waals surface area contributed by atoms with Crippen LogP contribution in [-0.2, 0) is 6.42 Å². The van der Waals surface area contributed by atoms with Gasteiger partial charge < -0.3 is 5.73 Å². The van der Waals surface area contributed by atoms with Gasteiger partial charge in [-0.1, -0.05) is 33.4 Å². The van der Waals surface area contributed by atoms with E-state index in [0.717, 1.165) is 46.1 Å². The van der Waals surface area contributed by atoms with Gasteiger partial charge in [-0.2, -0.15) is 5.10 Å². The van der Waals surface area contributed by atoms with Crippen molar-refractivity contribution in [1.29, 1.82) is 0 Å². The van der Waals surface area contributed by atoms with Gasteiger partial charge in [-0.25, -0.2) is 0 Å². The number of nitrogen functional groups attached to an aromatic ring is 1. The third-order valence-electron chi connectivity index (χ3n) is 5.03. The summed E-state index contributed by atoms with van der Waals surface area (Å²) in [6, 6.07) is 10.7. The topological polar surface area (TPSA) is 53.6 Å². The minimum absolute atomic E-state index is 0.354. The van der Waals surface area contributed by atoms with Gasteiger partial charge in [0, 0.05) is 16.9 Å². The fraction of sp³-hybridized carbons (Fsp3) is 0.318. The molecule has 1 aliphatic heterocycles. The highest BCUT2D eigenvalue weighted by molar-refractivity contribution is 6.14. The Hall–Kier alpha value is -2.75. The average molecular weight is 348 g/mol. The number of amidine groups is 1. The molecule has 0 saturated heterocycles. The summed E-state index contributed by atoms with van der Waals surface area (Å²) in [6.45, 7) is 14.9. The van der Waals surface area contributed by atoms with Crippen molar-refractivity contribution in [2.75, 3.05) is 10.6 Å². The summed E-state index contributed by atoms with van der Waals surface area (Å²) in [5.74, 6) is 1.97. The first-order chi connectivity index (χ1) is 12.3. The van der Waals surface area contributed by atoms with Crippen molar-refractivity contribution < 1.29 is 0 Å². The standard InChI is InChI=1S/C22H28N4/c1-7-17-8-9-18(10-14(17)4)26-16(6)24-25-22(26)20-12-19(13(2)3)21(23)11-15(20)5/h8-13,24H,6-7,23H2,1-5H3. The van der Waals surface area contributed by atoms with E-state index < -0.39 is 0 Å². The van der Waals surface area contributed by atoms with Crippen LogP contribution in [0.1, 0.15) is 54.5 Å². The van der Waals surface area contributed by atoms with E-state index in [1.54, 1.807) is 0 Å². The second-order valence-corrected chi connectivity index (χ2v) is 7.24. The van der Waals surface area contributed by atoms with Crippen molar-refractivity contribution in [2.24, 2.45) is 5.10 Å². The highest BCUT2D eigenvalue weighted by atomic mass is 15.5. The van der Waals surface area contributed by atoms with Crippen LogP contribution in [0.4, 0.5) is 11.4 Å². The molecule has 136 valence electrons. The molecule has 0 amide bonds. The fourth-order valence-electron chi connectivity index (χ4n) is 3.51. The Labute approximate surface area is 156 Å². The van der Waals surface area contributed by atoms with Gasteiger partial charge in [0.05, 0.1) is 0 Å². The number of nitrogens with one attached hydrogen (secondary N) is 1. The van der Waals surface area contributed by atoms with E-state index in [9.17, 15) is 0 Å². The first-order valence-corrected chi connectivity index (χ1v) is 9.16. The Morgan fingerprint density at radius 2 is 1.88 bits per heavy atom. The van der Waals surface area contributed by atoms with Crippen LogP contribution in [0.3, 0.4) is 0 Å². The van der Waals surface area contributed by atoms with Crippen molar-refractivity contribution in [2.45, 2.75) is 47.0 Å². The fourth-order valence-corrected chi connectivity index (χ4v) is 3.51. The Morgan fingerprint density at radius 1 is 1.15 bits per heavy atom. The van der Waals surface area contributed by atoms with E-state index in [2.05, 4.69) is 80.9 Å². The molecule has 2 aromatic carbocycles. The minimum Gasteiger partial charge on any atom is -0.398 e. The molecule has 1 aliphatic rings. The van der Waals surface area contributed by atoms with Crippen LogP contribution in [0, 0.1) is 13.8 Å². The molecule has 0 fully saturated rings. The summed E-state index contributed by atoms with van der Waals surface area (Å²) in [6.07, 6.45) is 1.03. The van der Waals surface area contributed by atoms with Gasteiger partial charge in [-0.05, 0) is 72.7 Å². The van der Waals surface area contributed by atoms with E-state index in [4.69, 9.17) is 5.73 Å². The predicted octanol–water partition coefficient (Wildman–Crippen LogP) is 4.81. The third-order valence-corrected chi connectivity index (χ3v) is 5.03. The lowest BCUT2D eigenvalue weighted by molar-refractivity contribution is 0.868. The molecule has 1 heterocycles. The van der Waals surface area contributed by atoms with Gasteiger partial charge in [0.2, 0.25) is 0 Å². The molecule has 2 aromatic rings. The molecule has 0 aromatic heterocycles. The molecule has 4 nitrogen and oxygen atoms in total. The van der Waals surface area contributed by atoms with Crippen LogP contribution in [0.2, 0.25) is 0 Å². The molecule has 26 heavy (non-hydrogen) atoms. The first kappa shape index (κ1) is 18.1. The van der Waals surface area contributed by atoms with E-state index in [1.807, 2.05) is 6.07 Å². The van der Waals surface area contributed by atoms with Crippen LogP contribution >= 0.6 is 0 Å². The molecule has 3 rings (SSSR count). The largest absolute Gasteiger partial charge is 0.398 e. The molecule has 0 saturated carbocycles. The summed E-state index contributed by atoms with van der Waals surface area (Å²) in [4.78, 5) is 2.08. The van der Waals surface area contributed by atoms with E-state index in [-0.39, 0.29) is 0 Å². The third kappa shape index (κ3) is 3.07. The summed E-state index contributed by atoms with van der Waals surface area (Å²) in [5, 5.41) is 4.56. The zero-order valence-electron chi connectivity index (χ0n) is 16.4. The smallest absolute Gasteiger partial charge is 0.166 e. The molecule has 0 atom stereocenters. The first-order valence-electron chi connectivity index (χ1n) is 9.16. The minimum atomic E-state index is 0.354. The van der Waals surface area contributed by atoms with E-state index >= 15 is 0 Å². The van der Waals surface area contributed by atoms with Crippen LogP contribution in [0.25, 0.3) is 0 Å². The Balaban J connectivity index is 2.09. The Morgan fingerprint density at radius 3 is 2.50 bits per heavy atom. The Kier molecular flexibility index (Phi) is 4.77. The van der Waals surface area contributed by atoms with E-state index in [0.29, 0.717) is 5.92 Å². The molecule has 0 bridgehead atoms. The maximum absolute atomic E-state index is 6.23. The number of anilines is 2. The van der Waals surface area contributed by atoms with Crippen molar-refractivity contribution in [1.82, 2.24) is 5.43 Å². The van der Waals surface area contributed by atoms with Crippen LogP contribution in [-0.4, -0.2) is 5.84 Å². The van der Waals surface area contributed by atoms with Gasteiger partial charge in [0.25, 0.3) is 0 Å². The molecule has 4 heteroatoms. The molecule has 0 unspecified atom stereocenters. The second kappa shape index (κ2) is 6.87. The van der Waals surface area contributed by atoms with Crippen molar-refractivity contribution in [3.8, 4) is 0 Å². The zero-order chi connectivity index (χ0) is 19.0. The maximum Gasteiger partial charge on any atom is 0.166 e. The van der Waals surface area contributed by atoms with Crippen LogP contribution in [0.15, 0.2) is 47.8 Å². The maximum atomic E-state index is 6.23. The summed E-state index contributed by atoms with van der Waals surface area (Å²) < 4.78 is 0. The average Bonchev–Trinajstić information content (AvgIpc) is 2.96. The van der Waals surface area contributed by atoms with Gasteiger partial charge in [-0.3, -0.25) is 10.3 Å². The number of benzene rings is 2. The molecule has 0 aliphatic carbocycles. The quantitative estimate of drug-likeness (QED) is 0.779. The molecule has 3 N–H and O–H groups in total. The van der Waals surface area contributed by atoms with Gasteiger partial charge in [0.15, 0.2) is 5.84 Å². The summed E-state index contributed by atoms with van der Waals surface area (Å²) in [5.41, 5.74) is 17.1. The number of nitrogens with two attached hydrogens (primary N) is 1. The molecular formula is C22H28N4. The number of hydrogen-bond acceptors (Lipinski definition) is 4. The normalized spacial score (nSPS) is 14.0. The van der Waals surface area contributed by atoms with Crippen molar-refractivity contribution >= 4 is 17.2 Å². The number of rotatable bonds is 4. The zero-order valence-corrected chi connectivity index (χ0v) is 16.4. The summed E-state index contributed by atoms with van der Waals surface area (Å²) >= 11 is 0. The summed E-state index contributed by atoms with van der Waals surface area (Å²) in [7, 11) is 0. The molecular weight excluding hydrogens is 320 g/mol. The van der Waals surface area contributed by atoms with Crippen LogP contribution in [0.5, 0.6) is 0 Å². The number of nitrogens with zero attached hydrogens (tertiary/aromatic N) is 2. The van der Waals surface area contributed by atoms with E-state index in [1.165, 1.54) is 11.1 Å². The lowest BCUT2D eigenvalue weighted by Gasteiger charge is -2.23. The number of aryl methyl sites for hydroxylation is 3. The number of hydrogen-bond donors (Lipinski definition) is 2. The molecule has 0 spiro atoms. The predicted molar refractivity (Wildman–Crippen MR) is 112 cm³/mol. The second-order valence-electron chi connectivity index (χ2n) is 7.24. The van der Waals surface area contributed by atoms with Gasteiger partial charge >= 0.3 is 0 Å². The highest BCUT2D eigenvalue weighted by Gasteiger charge is 2.26. The van der Waals surface area contributed by atoms with Crippen molar-refractivity contribution in [3.63, 3.8) is 0 Å². The molecule has 0 radical (unpaired) electrons. The van der Waals surface area contributed by atoms with Crippen LogP contribution < -0.4 is 16.1 Å². The lowest BCUT2D eigenvalue weighted by atomic mass is 9.95.